The number of hydrogen-bond acceptors (Lipinski definition) is 4. The summed E-state index contributed by atoms with van der Waals surface area (Å²) in [5, 5.41) is 5.68. The Hall–Kier alpha value is -3.87. The molecule has 32 heavy (non-hydrogen) atoms. The average molecular weight is 431 g/mol. The minimum Gasteiger partial charge on any atom is -0.490 e. The van der Waals surface area contributed by atoms with Gasteiger partial charge in [0.25, 0.3) is 5.91 Å². The SMILES string of the molecule is O=C(NCc1ccccc1)c1ccnc(NC(=O)N2CCC(Oc3ccccc3)CC2)c1. The number of hydrogen-bond donors (Lipinski definition) is 2. The van der Waals surface area contributed by atoms with E-state index in [0.717, 1.165) is 24.2 Å². The van der Waals surface area contributed by atoms with Crippen molar-refractivity contribution in [3.05, 3.63) is 90.1 Å². The Labute approximate surface area is 187 Å². The van der Waals surface area contributed by atoms with Crippen molar-refractivity contribution in [2.24, 2.45) is 0 Å². The Morgan fingerprint density at radius 3 is 2.38 bits per heavy atom. The van der Waals surface area contributed by atoms with Crippen LogP contribution in [0.3, 0.4) is 0 Å². The Kier molecular flexibility index (Phi) is 6.97. The molecular weight excluding hydrogens is 404 g/mol. The summed E-state index contributed by atoms with van der Waals surface area (Å²) in [6.07, 6.45) is 3.14. The summed E-state index contributed by atoms with van der Waals surface area (Å²) >= 11 is 0. The second-order valence-corrected chi connectivity index (χ2v) is 7.65. The number of urea groups is 1. The third-order valence-electron chi connectivity index (χ3n) is 5.33. The zero-order valence-corrected chi connectivity index (χ0v) is 17.7. The minimum absolute atomic E-state index is 0.0937. The summed E-state index contributed by atoms with van der Waals surface area (Å²) in [5.74, 6) is 0.984. The van der Waals surface area contributed by atoms with Crippen molar-refractivity contribution in [1.82, 2.24) is 15.2 Å². The zero-order chi connectivity index (χ0) is 22.2. The molecule has 3 aromatic rings. The summed E-state index contributed by atoms with van der Waals surface area (Å²) in [6.45, 7) is 1.63. The standard InChI is InChI=1S/C25H26N4O3/c30-24(27-18-19-7-3-1-4-8-19)20-11-14-26-23(17-20)28-25(31)29-15-12-22(13-16-29)32-21-9-5-2-6-10-21/h1-11,14,17,22H,12-13,15-16,18H2,(H,27,30)(H,26,28,31). The number of carbonyl (C=O) groups is 2. The first-order valence-corrected chi connectivity index (χ1v) is 10.7. The molecule has 7 heteroatoms. The number of para-hydroxylation sites is 1. The molecule has 2 heterocycles. The van der Waals surface area contributed by atoms with Crippen molar-refractivity contribution in [3.8, 4) is 5.75 Å². The lowest BCUT2D eigenvalue weighted by Gasteiger charge is -2.32. The highest BCUT2D eigenvalue weighted by atomic mass is 16.5. The van der Waals surface area contributed by atoms with Crippen molar-refractivity contribution in [1.29, 1.82) is 0 Å². The molecule has 7 nitrogen and oxygen atoms in total. The number of nitrogens with zero attached hydrogens (tertiary/aromatic N) is 2. The smallest absolute Gasteiger partial charge is 0.323 e. The number of likely N-dealkylation sites (tertiary alicyclic amines) is 1. The fraction of sp³-hybridized carbons (Fsp3) is 0.240. The summed E-state index contributed by atoms with van der Waals surface area (Å²) < 4.78 is 5.98. The quantitative estimate of drug-likeness (QED) is 0.617. The van der Waals surface area contributed by atoms with E-state index in [4.69, 9.17) is 4.74 Å². The third kappa shape index (κ3) is 5.85. The third-order valence-corrected chi connectivity index (χ3v) is 5.33. The van der Waals surface area contributed by atoms with Gasteiger partial charge in [-0.1, -0.05) is 48.5 Å². The lowest BCUT2D eigenvalue weighted by Crippen LogP contribution is -2.43. The van der Waals surface area contributed by atoms with Crippen LogP contribution in [0.25, 0.3) is 0 Å². The van der Waals surface area contributed by atoms with E-state index < -0.39 is 0 Å². The van der Waals surface area contributed by atoms with Crippen molar-refractivity contribution in [2.45, 2.75) is 25.5 Å². The van der Waals surface area contributed by atoms with E-state index in [-0.39, 0.29) is 18.0 Å². The summed E-state index contributed by atoms with van der Waals surface area (Å²) in [5.41, 5.74) is 1.46. The van der Waals surface area contributed by atoms with Crippen LogP contribution in [0, 0.1) is 0 Å². The molecular formula is C25H26N4O3. The van der Waals surface area contributed by atoms with Crippen LogP contribution in [0.2, 0.25) is 0 Å². The van der Waals surface area contributed by atoms with Gasteiger partial charge in [-0.2, -0.15) is 0 Å². The topological polar surface area (TPSA) is 83.6 Å². The van der Waals surface area contributed by atoms with Crippen LogP contribution >= 0.6 is 0 Å². The Balaban J connectivity index is 1.27. The number of amides is 3. The number of pyridine rings is 1. The molecule has 4 rings (SSSR count). The first-order chi connectivity index (χ1) is 15.7. The predicted octanol–water partition coefficient (Wildman–Crippen LogP) is 4.09. The monoisotopic (exact) mass is 430 g/mol. The maximum Gasteiger partial charge on any atom is 0.323 e. The van der Waals surface area contributed by atoms with E-state index in [1.807, 2.05) is 60.7 Å². The fourth-order valence-corrected chi connectivity index (χ4v) is 3.58. The van der Waals surface area contributed by atoms with Gasteiger partial charge >= 0.3 is 6.03 Å². The molecule has 1 fully saturated rings. The molecule has 0 spiro atoms. The van der Waals surface area contributed by atoms with Gasteiger partial charge < -0.3 is 15.0 Å². The van der Waals surface area contributed by atoms with Crippen molar-refractivity contribution in [3.63, 3.8) is 0 Å². The summed E-state index contributed by atoms with van der Waals surface area (Å²) in [7, 11) is 0. The van der Waals surface area contributed by atoms with Crippen LogP contribution in [0.5, 0.6) is 5.75 Å². The molecule has 1 saturated heterocycles. The predicted molar refractivity (Wildman–Crippen MR) is 123 cm³/mol. The van der Waals surface area contributed by atoms with Gasteiger partial charge in [-0.25, -0.2) is 9.78 Å². The molecule has 1 aliphatic rings. The maximum atomic E-state index is 12.7. The first kappa shape index (κ1) is 21.4. The highest BCUT2D eigenvalue weighted by molar-refractivity contribution is 5.96. The van der Waals surface area contributed by atoms with Crippen LogP contribution in [-0.4, -0.2) is 41.0 Å². The second kappa shape index (κ2) is 10.4. The largest absolute Gasteiger partial charge is 0.490 e. The van der Waals surface area contributed by atoms with Crippen LogP contribution in [0.1, 0.15) is 28.8 Å². The Morgan fingerprint density at radius 1 is 0.969 bits per heavy atom. The number of carbonyl (C=O) groups excluding carboxylic acids is 2. The van der Waals surface area contributed by atoms with Crippen LogP contribution in [0.4, 0.5) is 10.6 Å². The van der Waals surface area contributed by atoms with Gasteiger partial charge in [-0.3, -0.25) is 10.1 Å². The molecule has 0 bridgehead atoms. The molecule has 0 aliphatic carbocycles. The van der Waals surface area contributed by atoms with Gasteiger partial charge in [0.15, 0.2) is 0 Å². The maximum absolute atomic E-state index is 12.7. The number of piperidine rings is 1. The molecule has 0 saturated carbocycles. The zero-order valence-electron chi connectivity index (χ0n) is 17.7. The average Bonchev–Trinajstić information content (AvgIpc) is 2.84. The van der Waals surface area contributed by atoms with Gasteiger partial charge in [0, 0.05) is 44.2 Å². The van der Waals surface area contributed by atoms with Gasteiger partial charge in [0.1, 0.15) is 17.7 Å². The van der Waals surface area contributed by atoms with Gasteiger partial charge in [0.05, 0.1) is 0 Å². The highest BCUT2D eigenvalue weighted by Crippen LogP contribution is 2.19. The lowest BCUT2D eigenvalue weighted by atomic mass is 10.1. The molecule has 2 aromatic carbocycles. The van der Waals surface area contributed by atoms with Gasteiger partial charge in [-0.15, -0.1) is 0 Å². The van der Waals surface area contributed by atoms with Crippen LogP contribution < -0.4 is 15.4 Å². The van der Waals surface area contributed by atoms with E-state index in [1.165, 1.54) is 6.20 Å². The van der Waals surface area contributed by atoms with Crippen molar-refractivity contribution >= 4 is 17.8 Å². The van der Waals surface area contributed by atoms with Crippen LogP contribution in [-0.2, 0) is 6.54 Å². The van der Waals surface area contributed by atoms with Gasteiger partial charge in [-0.05, 0) is 29.8 Å². The lowest BCUT2D eigenvalue weighted by molar-refractivity contribution is 0.0950. The van der Waals surface area contributed by atoms with Crippen LogP contribution in [0.15, 0.2) is 79.0 Å². The van der Waals surface area contributed by atoms with E-state index in [2.05, 4.69) is 15.6 Å². The minimum atomic E-state index is -0.225. The van der Waals surface area contributed by atoms with E-state index in [1.54, 1.807) is 17.0 Å². The number of ether oxygens (including phenoxy) is 1. The molecule has 0 atom stereocenters. The first-order valence-electron chi connectivity index (χ1n) is 10.7. The molecule has 0 unspecified atom stereocenters. The fourth-order valence-electron chi connectivity index (χ4n) is 3.58. The molecule has 1 aromatic heterocycles. The van der Waals surface area contributed by atoms with E-state index in [9.17, 15) is 9.59 Å². The molecule has 3 amide bonds. The number of rotatable bonds is 6. The van der Waals surface area contributed by atoms with Crippen molar-refractivity contribution < 1.29 is 14.3 Å². The highest BCUT2D eigenvalue weighted by Gasteiger charge is 2.24. The number of aromatic nitrogens is 1. The summed E-state index contributed by atoms with van der Waals surface area (Å²) in [4.78, 5) is 31.1. The summed E-state index contributed by atoms with van der Waals surface area (Å²) in [6, 6.07) is 22.4. The number of benzene rings is 2. The Bertz CT molecular complexity index is 1040. The Morgan fingerprint density at radius 2 is 1.66 bits per heavy atom. The molecule has 164 valence electrons. The number of nitrogens with one attached hydrogen (secondary N) is 2. The molecule has 1 aliphatic heterocycles. The molecule has 0 radical (unpaired) electrons. The number of anilines is 1. The molecule has 2 N–H and O–H groups in total. The second-order valence-electron chi connectivity index (χ2n) is 7.65. The van der Waals surface area contributed by atoms with Gasteiger partial charge in [0.2, 0.25) is 0 Å². The van der Waals surface area contributed by atoms with E-state index in [0.29, 0.717) is 31.0 Å². The van der Waals surface area contributed by atoms with Crippen molar-refractivity contribution in [2.75, 3.05) is 18.4 Å². The normalized spacial score (nSPS) is 13.9. The van der Waals surface area contributed by atoms with E-state index >= 15 is 0 Å².